The van der Waals surface area contributed by atoms with Crippen LogP contribution in [0.2, 0.25) is 0 Å². The van der Waals surface area contributed by atoms with E-state index in [0.29, 0.717) is 19.3 Å². The van der Waals surface area contributed by atoms with E-state index < -0.39 is 10.0 Å². The second-order valence-corrected chi connectivity index (χ2v) is 7.00. The zero-order valence-corrected chi connectivity index (χ0v) is 13.3. The first-order chi connectivity index (χ1) is 10.1. The molecule has 0 spiro atoms. The van der Waals surface area contributed by atoms with Gasteiger partial charge in [0.1, 0.15) is 0 Å². The summed E-state index contributed by atoms with van der Waals surface area (Å²) in [5.74, 6) is 0. The number of hydrogen-bond donors (Lipinski definition) is 2. The third-order valence-corrected chi connectivity index (χ3v) is 5.15. The lowest BCUT2D eigenvalue weighted by Crippen LogP contribution is -2.23. The van der Waals surface area contributed by atoms with E-state index in [0.717, 1.165) is 12.2 Å². The Hall–Kier alpha value is -1.11. The summed E-state index contributed by atoms with van der Waals surface area (Å²) in [4.78, 5) is 0.289. The van der Waals surface area contributed by atoms with Gasteiger partial charge in [-0.2, -0.15) is 0 Å². The van der Waals surface area contributed by atoms with E-state index in [2.05, 4.69) is 10.0 Å². The predicted octanol–water partition coefficient (Wildman–Crippen LogP) is 2.36. The van der Waals surface area contributed by atoms with Crippen LogP contribution in [0.25, 0.3) is 0 Å². The molecular weight excluding hydrogens is 288 g/mol. The Balaban J connectivity index is 1.77. The van der Waals surface area contributed by atoms with E-state index in [1.165, 1.54) is 25.7 Å². The zero-order valence-electron chi connectivity index (χ0n) is 12.5. The molecule has 1 aromatic rings. The van der Waals surface area contributed by atoms with Crippen LogP contribution >= 0.6 is 0 Å². The van der Waals surface area contributed by atoms with Crippen molar-refractivity contribution in [3.8, 4) is 0 Å². The van der Waals surface area contributed by atoms with Gasteiger partial charge >= 0.3 is 0 Å². The van der Waals surface area contributed by atoms with Crippen molar-refractivity contribution in [1.29, 1.82) is 0 Å². The SMILES string of the molecule is CCNS(=O)(=O)c1ccc(NCCOC2CCCC2)cc1. The Bertz CT molecular complexity index is 522. The topological polar surface area (TPSA) is 67.4 Å². The van der Waals surface area contributed by atoms with E-state index in [4.69, 9.17) is 4.74 Å². The van der Waals surface area contributed by atoms with Gasteiger partial charge in [0.2, 0.25) is 10.0 Å². The van der Waals surface area contributed by atoms with Gasteiger partial charge in [-0.25, -0.2) is 13.1 Å². The van der Waals surface area contributed by atoms with Crippen LogP contribution in [-0.2, 0) is 14.8 Å². The fraction of sp³-hybridized carbons (Fsp3) is 0.600. The minimum Gasteiger partial charge on any atom is -0.383 e. The van der Waals surface area contributed by atoms with E-state index in [1.807, 2.05) is 0 Å². The van der Waals surface area contributed by atoms with Gasteiger partial charge < -0.3 is 10.1 Å². The Labute approximate surface area is 127 Å². The van der Waals surface area contributed by atoms with Crippen molar-refractivity contribution in [2.45, 2.75) is 43.6 Å². The fourth-order valence-electron chi connectivity index (χ4n) is 2.50. The third-order valence-electron chi connectivity index (χ3n) is 3.59. The molecule has 118 valence electrons. The Morgan fingerprint density at radius 1 is 1.19 bits per heavy atom. The van der Waals surface area contributed by atoms with Crippen LogP contribution in [0, 0.1) is 0 Å². The second kappa shape index (κ2) is 7.77. The van der Waals surface area contributed by atoms with Crippen molar-refractivity contribution in [3.05, 3.63) is 24.3 Å². The van der Waals surface area contributed by atoms with Crippen molar-refractivity contribution in [2.24, 2.45) is 0 Å². The van der Waals surface area contributed by atoms with Gasteiger partial charge in [-0.05, 0) is 37.1 Å². The summed E-state index contributed by atoms with van der Waals surface area (Å²) in [6.07, 6.45) is 5.34. The molecule has 1 fully saturated rings. The maximum Gasteiger partial charge on any atom is 0.240 e. The van der Waals surface area contributed by atoms with Crippen molar-refractivity contribution in [3.63, 3.8) is 0 Å². The third kappa shape index (κ3) is 4.98. The van der Waals surface area contributed by atoms with Gasteiger partial charge in [-0.3, -0.25) is 0 Å². The highest BCUT2D eigenvalue weighted by atomic mass is 32.2. The molecule has 5 nitrogen and oxygen atoms in total. The number of anilines is 1. The minimum absolute atomic E-state index is 0.289. The van der Waals surface area contributed by atoms with Gasteiger partial charge in [-0.1, -0.05) is 19.8 Å². The van der Waals surface area contributed by atoms with Crippen LogP contribution in [-0.4, -0.2) is 34.2 Å². The first-order valence-electron chi connectivity index (χ1n) is 7.57. The lowest BCUT2D eigenvalue weighted by Gasteiger charge is -2.12. The monoisotopic (exact) mass is 312 g/mol. The predicted molar refractivity (Wildman–Crippen MR) is 84.0 cm³/mol. The molecule has 0 bridgehead atoms. The molecule has 0 unspecified atom stereocenters. The summed E-state index contributed by atoms with van der Waals surface area (Å²) >= 11 is 0. The van der Waals surface area contributed by atoms with E-state index >= 15 is 0 Å². The van der Waals surface area contributed by atoms with Crippen LogP contribution in [0.3, 0.4) is 0 Å². The molecule has 0 amide bonds. The standard InChI is InChI=1S/C15H24N2O3S/c1-2-17-21(18,19)15-9-7-13(8-10-15)16-11-12-20-14-5-3-4-6-14/h7-10,14,16-17H,2-6,11-12H2,1H3. The van der Waals surface area contributed by atoms with Crippen molar-refractivity contribution < 1.29 is 13.2 Å². The van der Waals surface area contributed by atoms with Crippen LogP contribution in [0.15, 0.2) is 29.2 Å². The van der Waals surface area contributed by atoms with E-state index in [1.54, 1.807) is 31.2 Å². The number of rotatable bonds is 8. The van der Waals surface area contributed by atoms with Crippen LogP contribution in [0.4, 0.5) is 5.69 Å². The largest absolute Gasteiger partial charge is 0.383 e. The van der Waals surface area contributed by atoms with Gasteiger partial charge in [0.25, 0.3) is 0 Å². The normalized spacial score (nSPS) is 16.2. The number of nitrogens with one attached hydrogen (secondary N) is 2. The molecule has 2 N–H and O–H groups in total. The lowest BCUT2D eigenvalue weighted by molar-refractivity contribution is 0.0659. The highest BCUT2D eigenvalue weighted by molar-refractivity contribution is 7.89. The van der Waals surface area contributed by atoms with E-state index in [-0.39, 0.29) is 4.90 Å². The molecule has 1 aliphatic carbocycles. The summed E-state index contributed by atoms with van der Waals surface area (Å²) < 4.78 is 31.8. The average molecular weight is 312 g/mol. The molecule has 6 heteroatoms. The zero-order chi connectivity index (χ0) is 15.1. The summed E-state index contributed by atoms with van der Waals surface area (Å²) in [6.45, 7) is 3.57. The fourth-order valence-corrected chi connectivity index (χ4v) is 3.54. The Morgan fingerprint density at radius 2 is 1.86 bits per heavy atom. The summed E-state index contributed by atoms with van der Waals surface area (Å²) in [7, 11) is -3.37. The maximum atomic E-state index is 11.8. The summed E-state index contributed by atoms with van der Waals surface area (Å²) in [6, 6.07) is 6.77. The highest BCUT2D eigenvalue weighted by Crippen LogP contribution is 2.20. The van der Waals surface area contributed by atoms with Gasteiger partial charge in [0.05, 0.1) is 17.6 Å². The molecule has 0 saturated heterocycles. The number of hydrogen-bond acceptors (Lipinski definition) is 4. The van der Waals surface area contributed by atoms with Crippen LogP contribution < -0.4 is 10.0 Å². The summed E-state index contributed by atoms with van der Waals surface area (Å²) in [5, 5.41) is 3.24. The van der Waals surface area contributed by atoms with Crippen LogP contribution in [0.1, 0.15) is 32.6 Å². The molecule has 1 aromatic carbocycles. The van der Waals surface area contributed by atoms with Crippen LogP contribution in [0.5, 0.6) is 0 Å². The molecule has 2 rings (SSSR count). The molecule has 1 aliphatic rings. The van der Waals surface area contributed by atoms with E-state index in [9.17, 15) is 8.42 Å². The molecule has 0 aromatic heterocycles. The molecule has 0 aliphatic heterocycles. The van der Waals surface area contributed by atoms with Gasteiger partial charge in [0, 0.05) is 18.8 Å². The highest BCUT2D eigenvalue weighted by Gasteiger charge is 2.14. The maximum absolute atomic E-state index is 11.8. The minimum atomic E-state index is -3.37. The second-order valence-electron chi connectivity index (χ2n) is 5.23. The average Bonchev–Trinajstić information content (AvgIpc) is 2.97. The number of ether oxygens (including phenoxy) is 1. The smallest absolute Gasteiger partial charge is 0.240 e. The van der Waals surface area contributed by atoms with Crippen molar-refractivity contribution >= 4 is 15.7 Å². The first kappa shape index (κ1) is 16.3. The molecule has 0 atom stereocenters. The summed E-state index contributed by atoms with van der Waals surface area (Å²) in [5.41, 5.74) is 0.903. The quantitative estimate of drug-likeness (QED) is 0.723. The van der Waals surface area contributed by atoms with Gasteiger partial charge in [0.15, 0.2) is 0 Å². The molecule has 0 radical (unpaired) electrons. The Kier molecular flexibility index (Phi) is 6.02. The molecule has 1 saturated carbocycles. The number of benzene rings is 1. The number of sulfonamides is 1. The Morgan fingerprint density at radius 3 is 2.48 bits per heavy atom. The van der Waals surface area contributed by atoms with Crippen molar-refractivity contribution in [1.82, 2.24) is 4.72 Å². The first-order valence-corrected chi connectivity index (χ1v) is 9.05. The van der Waals surface area contributed by atoms with Crippen molar-refractivity contribution in [2.75, 3.05) is 25.0 Å². The molecule has 21 heavy (non-hydrogen) atoms. The lowest BCUT2D eigenvalue weighted by atomic mass is 10.3. The molecular formula is C15H24N2O3S. The van der Waals surface area contributed by atoms with Gasteiger partial charge in [-0.15, -0.1) is 0 Å². The molecule has 0 heterocycles.